The van der Waals surface area contributed by atoms with Crippen molar-refractivity contribution in [2.75, 3.05) is 26.4 Å². The Morgan fingerprint density at radius 1 is 0.562 bits per heavy atom. The molecule has 3 aromatic carbocycles. The summed E-state index contributed by atoms with van der Waals surface area (Å²) in [5.41, 5.74) is 2.45. The molecule has 0 aliphatic carbocycles. The van der Waals surface area contributed by atoms with Crippen LogP contribution < -0.4 is 23.7 Å². The van der Waals surface area contributed by atoms with Crippen molar-refractivity contribution in [1.29, 1.82) is 0 Å². The van der Waals surface area contributed by atoms with E-state index in [0.717, 1.165) is 74.8 Å². The summed E-state index contributed by atoms with van der Waals surface area (Å²) >= 11 is 0. The van der Waals surface area contributed by atoms with E-state index in [4.69, 9.17) is 23.7 Å². The van der Waals surface area contributed by atoms with Gasteiger partial charge in [0.25, 0.3) is 0 Å². The SMILES string of the molecule is C=CCCCCCCCCCOc1ccc(-c2ccc(OC(=O)c3cc(OCCCC)c(OCCCC)c(OCCCC)c3)cc2)cc1. The molecular formula is C42H58O6. The Balaban J connectivity index is 1.58. The van der Waals surface area contributed by atoms with Crippen molar-refractivity contribution in [3.8, 4) is 39.9 Å². The molecule has 0 saturated carbocycles. The quantitative estimate of drug-likeness (QED) is 0.0370. The van der Waals surface area contributed by atoms with Gasteiger partial charge in [0.05, 0.1) is 32.0 Å². The van der Waals surface area contributed by atoms with E-state index in [-0.39, 0.29) is 0 Å². The minimum Gasteiger partial charge on any atom is -0.494 e. The molecule has 0 amide bonds. The number of ether oxygens (including phenoxy) is 5. The standard InChI is InChI=1S/C42H58O6/c1-5-9-13-14-15-16-17-18-19-31-44-37-24-20-34(21-25-37)35-22-26-38(27-23-35)48-42(43)36-32-39(45-28-10-6-2)41(47-30-12-8-4)40(33-36)46-29-11-7-3/h5,20-27,32-33H,1,6-19,28-31H2,2-4H3. The largest absolute Gasteiger partial charge is 0.494 e. The zero-order valence-corrected chi connectivity index (χ0v) is 29.7. The highest BCUT2D eigenvalue weighted by Gasteiger charge is 2.20. The topological polar surface area (TPSA) is 63.2 Å². The van der Waals surface area contributed by atoms with Gasteiger partial charge in [-0.15, -0.1) is 6.58 Å². The lowest BCUT2D eigenvalue weighted by Crippen LogP contribution is -2.12. The van der Waals surface area contributed by atoms with Gasteiger partial charge in [-0.3, -0.25) is 0 Å². The van der Waals surface area contributed by atoms with E-state index in [0.29, 0.717) is 48.4 Å². The van der Waals surface area contributed by atoms with Gasteiger partial charge in [0.15, 0.2) is 11.5 Å². The van der Waals surface area contributed by atoms with Crippen molar-refractivity contribution in [3.05, 3.63) is 78.9 Å². The van der Waals surface area contributed by atoms with Crippen LogP contribution in [0.15, 0.2) is 73.3 Å². The molecule has 0 radical (unpaired) electrons. The summed E-state index contributed by atoms with van der Waals surface area (Å²) in [4.78, 5) is 13.4. The van der Waals surface area contributed by atoms with Gasteiger partial charge >= 0.3 is 5.97 Å². The normalized spacial score (nSPS) is 10.8. The first kappa shape index (κ1) is 38.5. The van der Waals surface area contributed by atoms with Crippen LogP contribution in [0.5, 0.6) is 28.7 Å². The van der Waals surface area contributed by atoms with Crippen LogP contribution >= 0.6 is 0 Å². The predicted octanol–water partition coefficient (Wildman–Crippen LogP) is 11.8. The fourth-order valence-corrected chi connectivity index (χ4v) is 5.11. The average Bonchev–Trinajstić information content (AvgIpc) is 3.10. The first-order valence-electron chi connectivity index (χ1n) is 18.3. The molecule has 0 saturated heterocycles. The minimum absolute atomic E-state index is 0.356. The molecule has 0 unspecified atom stereocenters. The number of allylic oxidation sites excluding steroid dienone is 1. The third-order valence-corrected chi connectivity index (χ3v) is 8.09. The van der Waals surface area contributed by atoms with Crippen LogP contribution in [0.3, 0.4) is 0 Å². The fourth-order valence-electron chi connectivity index (χ4n) is 5.11. The number of esters is 1. The van der Waals surface area contributed by atoms with Crippen molar-refractivity contribution in [2.24, 2.45) is 0 Å². The Kier molecular flexibility index (Phi) is 18.8. The zero-order valence-electron chi connectivity index (χ0n) is 29.7. The number of carbonyl (C=O) groups excluding carboxylic acids is 1. The summed E-state index contributed by atoms with van der Waals surface area (Å²) in [6.07, 6.45) is 17.6. The maximum absolute atomic E-state index is 13.4. The Labute approximate surface area is 289 Å². The Bertz CT molecular complexity index is 1280. The Morgan fingerprint density at radius 3 is 1.54 bits per heavy atom. The van der Waals surface area contributed by atoms with Gasteiger partial charge in [-0.2, -0.15) is 0 Å². The van der Waals surface area contributed by atoms with E-state index in [9.17, 15) is 4.79 Å². The summed E-state index contributed by atoms with van der Waals surface area (Å²) in [6.45, 7) is 12.5. The number of hydrogen-bond donors (Lipinski definition) is 0. The summed E-state index contributed by atoms with van der Waals surface area (Å²) in [5, 5.41) is 0. The summed E-state index contributed by atoms with van der Waals surface area (Å²) in [6, 6.07) is 19.1. The van der Waals surface area contributed by atoms with Crippen molar-refractivity contribution < 1.29 is 28.5 Å². The fraction of sp³-hybridized carbons (Fsp3) is 0.500. The third kappa shape index (κ3) is 14.0. The number of benzene rings is 3. The van der Waals surface area contributed by atoms with E-state index in [1.165, 1.54) is 38.5 Å². The number of unbranched alkanes of at least 4 members (excludes halogenated alkanes) is 10. The van der Waals surface area contributed by atoms with Crippen LogP contribution in [0.1, 0.15) is 121 Å². The van der Waals surface area contributed by atoms with E-state index < -0.39 is 5.97 Å². The van der Waals surface area contributed by atoms with Crippen LogP contribution in [0, 0.1) is 0 Å². The lowest BCUT2D eigenvalue weighted by atomic mass is 10.1. The zero-order chi connectivity index (χ0) is 34.2. The second-order valence-corrected chi connectivity index (χ2v) is 12.2. The van der Waals surface area contributed by atoms with Crippen LogP contribution in [-0.2, 0) is 0 Å². The molecule has 0 aromatic heterocycles. The highest BCUT2D eigenvalue weighted by Crippen LogP contribution is 2.40. The Morgan fingerprint density at radius 2 is 1.02 bits per heavy atom. The van der Waals surface area contributed by atoms with Crippen LogP contribution in [-0.4, -0.2) is 32.4 Å². The smallest absolute Gasteiger partial charge is 0.343 e. The number of carbonyl (C=O) groups is 1. The maximum atomic E-state index is 13.4. The van der Waals surface area contributed by atoms with Crippen molar-refractivity contribution in [1.82, 2.24) is 0 Å². The molecule has 3 aromatic rings. The van der Waals surface area contributed by atoms with Crippen molar-refractivity contribution in [2.45, 2.75) is 111 Å². The molecule has 0 N–H and O–H groups in total. The summed E-state index contributed by atoms with van der Waals surface area (Å²) in [7, 11) is 0. The average molecular weight is 659 g/mol. The van der Waals surface area contributed by atoms with Gasteiger partial charge in [0, 0.05) is 0 Å². The van der Waals surface area contributed by atoms with Gasteiger partial charge in [-0.05, 0) is 86.1 Å². The first-order chi connectivity index (χ1) is 23.6. The number of rotatable bonds is 26. The van der Waals surface area contributed by atoms with E-state index in [1.807, 2.05) is 42.5 Å². The molecule has 6 nitrogen and oxygen atoms in total. The van der Waals surface area contributed by atoms with Crippen LogP contribution in [0.25, 0.3) is 11.1 Å². The molecule has 0 aliphatic heterocycles. The molecule has 0 bridgehead atoms. The molecule has 3 rings (SSSR count). The Hall–Kier alpha value is -3.93. The van der Waals surface area contributed by atoms with Gasteiger partial charge < -0.3 is 23.7 Å². The molecule has 0 atom stereocenters. The summed E-state index contributed by atoms with van der Waals surface area (Å²) < 4.78 is 30.1. The minimum atomic E-state index is -0.478. The third-order valence-electron chi connectivity index (χ3n) is 8.09. The molecule has 48 heavy (non-hydrogen) atoms. The first-order valence-corrected chi connectivity index (χ1v) is 18.3. The number of hydrogen-bond acceptors (Lipinski definition) is 6. The van der Waals surface area contributed by atoms with Gasteiger partial charge in [0.2, 0.25) is 5.75 Å². The van der Waals surface area contributed by atoms with E-state index in [1.54, 1.807) is 12.1 Å². The highest BCUT2D eigenvalue weighted by atomic mass is 16.5. The highest BCUT2D eigenvalue weighted by molar-refractivity contribution is 5.92. The molecular weight excluding hydrogens is 600 g/mol. The molecule has 262 valence electrons. The molecule has 0 heterocycles. The van der Waals surface area contributed by atoms with Crippen LogP contribution in [0.4, 0.5) is 0 Å². The molecule has 6 heteroatoms. The van der Waals surface area contributed by atoms with Gasteiger partial charge in [0.1, 0.15) is 11.5 Å². The molecule has 0 aliphatic rings. The van der Waals surface area contributed by atoms with E-state index in [2.05, 4.69) is 39.5 Å². The van der Waals surface area contributed by atoms with Crippen LogP contribution in [0.2, 0.25) is 0 Å². The second kappa shape index (κ2) is 23.4. The second-order valence-electron chi connectivity index (χ2n) is 12.2. The van der Waals surface area contributed by atoms with Gasteiger partial charge in [-0.25, -0.2) is 4.79 Å². The lowest BCUT2D eigenvalue weighted by Gasteiger charge is -2.18. The predicted molar refractivity (Wildman–Crippen MR) is 197 cm³/mol. The maximum Gasteiger partial charge on any atom is 0.343 e. The molecule has 0 spiro atoms. The van der Waals surface area contributed by atoms with Crippen molar-refractivity contribution >= 4 is 5.97 Å². The lowest BCUT2D eigenvalue weighted by molar-refractivity contribution is 0.0733. The molecule has 0 fully saturated rings. The monoisotopic (exact) mass is 658 g/mol. The van der Waals surface area contributed by atoms with Crippen molar-refractivity contribution in [3.63, 3.8) is 0 Å². The van der Waals surface area contributed by atoms with E-state index >= 15 is 0 Å². The van der Waals surface area contributed by atoms with Gasteiger partial charge in [-0.1, -0.05) is 102 Å². The summed E-state index contributed by atoms with van der Waals surface area (Å²) in [5.74, 6) is 2.43.